The third-order valence-corrected chi connectivity index (χ3v) is 6.12. The van der Waals surface area contributed by atoms with E-state index in [-0.39, 0.29) is 5.91 Å². The summed E-state index contributed by atoms with van der Waals surface area (Å²) in [5.74, 6) is 2.05. The maximum atomic E-state index is 13.3. The van der Waals surface area contributed by atoms with Crippen LogP contribution in [0.4, 0.5) is 0 Å². The SMILES string of the molecule is COc1ccc(-n2c(-c3ccc(OC)cc3OC)cc(C(=O)NN3CCCCC3)c2C)cc1. The summed E-state index contributed by atoms with van der Waals surface area (Å²) < 4.78 is 18.5. The van der Waals surface area contributed by atoms with Crippen LogP contribution >= 0.6 is 0 Å². The Morgan fingerprint density at radius 3 is 2.15 bits per heavy atom. The molecule has 4 rings (SSSR count). The molecule has 0 spiro atoms. The van der Waals surface area contributed by atoms with E-state index in [1.807, 2.05) is 60.5 Å². The van der Waals surface area contributed by atoms with Gasteiger partial charge < -0.3 is 18.8 Å². The van der Waals surface area contributed by atoms with Gasteiger partial charge in [-0.1, -0.05) is 6.42 Å². The number of hydrogen-bond donors (Lipinski definition) is 1. The number of aromatic nitrogens is 1. The summed E-state index contributed by atoms with van der Waals surface area (Å²) in [7, 11) is 4.91. The van der Waals surface area contributed by atoms with Crippen molar-refractivity contribution in [3.63, 3.8) is 0 Å². The van der Waals surface area contributed by atoms with Crippen LogP contribution < -0.4 is 19.6 Å². The van der Waals surface area contributed by atoms with E-state index in [9.17, 15) is 4.79 Å². The number of carbonyl (C=O) groups excluding carboxylic acids is 1. The summed E-state index contributed by atoms with van der Waals surface area (Å²) >= 11 is 0. The Kier molecular flexibility index (Phi) is 6.89. The van der Waals surface area contributed by atoms with Crippen LogP contribution in [0.2, 0.25) is 0 Å². The molecule has 2 aromatic carbocycles. The average Bonchev–Trinajstić information content (AvgIpc) is 3.21. The minimum Gasteiger partial charge on any atom is -0.497 e. The Balaban J connectivity index is 1.81. The Hall–Kier alpha value is -3.45. The molecule has 1 aliphatic heterocycles. The number of piperidine rings is 1. The van der Waals surface area contributed by atoms with Crippen molar-refractivity contribution < 1.29 is 19.0 Å². The summed E-state index contributed by atoms with van der Waals surface area (Å²) in [6.45, 7) is 3.72. The highest BCUT2D eigenvalue weighted by Gasteiger charge is 2.23. The first-order chi connectivity index (χ1) is 16.0. The molecule has 3 aromatic rings. The van der Waals surface area contributed by atoms with Crippen molar-refractivity contribution in [1.82, 2.24) is 15.0 Å². The molecule has 2 heterocycles. The van der Waals surface area contributed by atoms with Gasteiger partial charge in [0.1, 0.15) is 17.2 Å². The zero-order valence-corrected chi connectivity index (χ0v) is 19.7. The smallest absolute Gasteiger partial charge is 0.267 e. The molecule has 1 fully saturated rings. The van der Waals surface area contributed by atoms with Gasteiger partial charge in [-0.05, 0) is 62.2 Å². The van der Waals surface area contributed by atoms with Gasteiger partial charge in [-0.2, -0.15) is 0 Å². The second-order valence-electron chi connectivity index (χ2n) is 8.12. The van der Waals surface area contributed by atoms with E-state index in [0.29, 0.717) is 17.1 Å². The Bertz CT molecular complexity index is 1120. The molecular weight excluding hydrogens is 418 g/mol. The van der Waals surface area contributed by atoms with Crippen LogP contribution in [-0.4, -0.2) is 49.9 Å². The van der Waals surface area contributed by atoms with Crippen LogP contribution in [0.25, 0.3) is 16.9 Å². The van der Waals surface area contributed by atoms with Gasteiger partial charge >= 0.3 is 0 Å². The summed E-state index contributed by atoms with van der Waals surface area (Å²) in [5, 5.41) is 2.02. The van der Waals surface area contributed by atoms with Gasteiger partial charge in [-0.3, -0.25) is 10.2 Å². The lowest BCUT2D eigenvalue weighted by atomic mass is 10.1. The van der Waals surface area contributed by atoms with Gasteiger partial charge in [0.05, 0.1) is 32.6 Å². The molecule has 1 amide bonds. The number of amides is 1. The van der Waals surface area contributed by atoms with E-state index in [1.165, 1.54) is 6.42 Å². The van der Waals surface area contributed by atoms with Crippen LogP contribution in [0, 0.1) is 6.92 Å². The van der Waals surface area contributed by atoms with Crippen LogP contribution in [0.15, 0.2) is 48.5 Å². The molecule has 1 N–H and O–H groups in total. The van der Waals surface area contributed by atoms with Crippen molar-refractivity contribution in [3.8, 4) is 34.2 Å². The van der Waals surface area contributed by atoms with Gasteiger partial charge in [0.15, 0.2) is 0 Å². The first-order valence-corrected chi connectivity index (χ1v) is 11.2. The zero-order valence-electron chi connectivity index (χ0n) is 19.7. The normalized spacial score (nSPS) is 14.1. The van der Waals surface area contributed by atoms with Crippen LogP contribution in [-0.2, 0) is 0 Å². The van der Waals surface area contributed by atoms with Crippen LogP contribution in [0.5, 0.6) is 17.2 Å². The quantitative estimate of drug-likeness (QED) is 0.571. The van der Waals surface area contributed by atoms with Crippen molar-refractivity contribution in [2.45, 2.75) is 26.2 Å². The number of nitrogens with zero attached hydrogens (tertiary/aromatic N) is 2. The molecule has 33 heavy (non-hydrogen) atoms. The van der Waals surface area contributed by atoms with E-state index in [4.69, 9.17) is 14.2 Å². The number of ether oxygens (including phenoxy) is 3. The Morgan fingerprint density at radius 2 is 1.52 bits per heavy atom. The molecule has 0 bridgehead atoms. The number of hydrogen-bond acceptors (Lipinski definition) is 5. The predicted molar refractivity (Wildman–Crippen MR) is 128 cm³/mol. The molecule has 7 nitrogen and oxygen atoms in total. The highest BCUT2D eigenvalue weighted by Crippen LogP contribution is 2.37. The second-order valence-corrected chi connectivity index (χ2v) is 8.12. The number of rotatable bonds is 7. The summed E-state index contributed by atoms with van der Waals surface area (Å²) in [6.07, 6.45) is 3.40. The third-order valence-electron chi connectivity index (χ3n) is 6.12. The molecular formula is C26H31N3O4. The first kappa shape index (κ1) is 22.7. The number of nitrogens with one attached hydrogen (secondary N) is 1. The van der Waals surface area contributed by atoms with Gasteiger partial charge in [0.2, 0.25) is 0 Å². The number of benzene rings is 2. The van der Waals surface area contributed by atoms with Crippen molar-refractivity contribution in [3.05, 3.63) is 59.8 Å². The Labute approximate surface area is 194 Å². The van der Waals surface area contributed by atoms with Gasteiger partial charge in [0, 0.05) is 36.1 Å². The van der Waals surface area contributed by atoms with Gasteiger partial charge in [-0.25, -0.2) is 5.01 Å². The highest BCUT2D eigenvalue weighted by atomic mass is 16.5. The lowest BCUT2D eigenvalue weighted by Gasteiger charge is -2.26. The lowest BCUT2D eigenvalue weighted by Crippen LogP contribution is -2.45. The van der Waals surface area contributed by atoms with Crippen LogP contribution in [0.1, 0.15) is 35.3 Å². The molecule has 174 valence electrons. The van der Waals surface area contributed by atoms with Gasteiger partial charge in [0.25, 0.3) is 5.91 Å². The molecule has 0 atom stereocenters. The van der Waals surface area contributed by atoms with E-state index in [2.05, 4.69) is 9.99 Å². The fraction of sp³-hybridized carbons (Fsp3) is 0.346. The Morgan fingerprint density at radius 1 is 0.848 bits per heavy atom. The topological polar surface area (TPSA) is 65.0 Å². The predicted octanol–water partition coefficient (Wildman–Crippen LogP) is 4.61. The van der Waals surface area contributed by atoms with Crippen molar-refractivity contribution in [1.29, 1.82) is 0 Å². The fourth-order valence-corrected chi connectivity index (χ4v) is 4.32. The highest BCUT2D eigenvalue weighted by molar-refractivity contribution is 5.97. The van der Waals surface area contributed by atoms with Crippen molar-refractivity contribution in [2.75, 3.05) is 34.4 Å². The number of carbonyl (C=O) groups is 1. The molecule has 0 radical (unpaired) electrons. The minimum absolute atomic E-state index is 0.101. The second kappa shape index (κ2) is 10.0. The van der Waals surface area contributed by atoms with Crippen molar-refractivity contribution in [2.24, 2.45) is 0 Å². The maximum absolute atomic E-state index is 13.3. The van der Waals surface area contributed by atoms with E-state index >= 15 is 0 Å². The third kappa shape index (κ3) is 4.68. The lowest BCUT2D eigenvalue weighted by molar-refractivity contribution is 0.0749. The number of hydrazine groups is 1. The monoisotopic (exact) mass is 449 g/mol. The molecule has 0 unspecified atom stereocenters. The van der Waals surface area contributed by atoms with Gasteiger partial charge in [-0.15, -0.1) is 0 Å². The molecule has 0 aliphatic carbocycles. The van der Waals surface area contributed by atoms with E-state index < -0.39 is 0 Å². The maximum Gasteiger partial charge on any atom is 0.267 e. The standard InChI is InChI=1S/C26H31N3O4/c1-18-23(26(30)27-28-14-6-5-7-15-28)17-24(22-13-12-21(32-3)16-25(22)33-4)29(18)19-8-10-20(31-2)11-9-19/h8-13,16-17H,5-7,14-15H2,1-4H3,(H,27,30). The van der Waals surface area contributed by atoms with E-state index in [0.717, 1.165) is 54.3 Å². The molecule has 1 aromatic heterocycles. The van der Waals surface area contributed by atoms with Crippen LogP contribution in [0.3, 0.4) is 0 Å². The molecule has 1 saturated heterocycles. The molecule has 0 saturated carbocycles. The largest absolute Gasteiger partial charge is 0.497 e. The number of methoxy groups -OCH3 is 3. The fourth-order valence-electron chi connectivity index (χ4n) is 4.32. The summed E-state index contributed by atoms with van der Waals surface area (Å²) in [4.78, 5) is 13.3. The van der Waals surface area contributed by atoms with Crippen molar-refractivity contribution >= 4 is 5.91 Å². The van der Waals surface area contributed by atoms with E-state index in [1.54, 1.807) is 21.3 Å². The average molecular weight is 450 g/mol. The zero-order chi connectivity index (χ0) is 23.4. The first-order valence-electron chi connectivity index (χ1n) is 11.2. The minimum atomic E-state index is -0.101. The summed E-state index contributed by atoms with van der Waals surface area (Å²) in [6, 6.07) is 15.4. The molecule has 7 heteroatoms. The molecule has 1 aliphatic rings. The summed E-state index contributed by atoms with van der Waals surface area (Å²) in [5.41, 5.74) is 7.23.